The van der Waals surface area contributed by atoms with Crippen LogP contribution in [-0.2, 0) is 0 Å². The van der Waals surface area contributed by atoms with E-state index < -0.39 is 0 Å². The number of hydrogen-bond donors (Lipinski definition) is 1. The number of rotatable bonds is 0. The second kappa shape index (κ2) is 1.53. The van der Waals surface area contributed by atoms with Crippen molar-refractivity contribution in [2.24, 2.45) is 0 Å². The van der Waals surface area contributed by atoms with Gasteiger partial charge in [-0.25, -0.2) is 0 Å². The topological polar surface area (TPSA) is 26.0 Å². The van der Waals surface area contributed by atoms with E-state index >= 15 is 0 Å². The number of fused-ring (bicyclic) bond motifs is 1. The van der Waals surface area contributed by atoms with Crippen LogP contribution in [0.5, 0.6) is 0 Å². The van der Waals surface area contributed by atoms with Crippen LogP contribution in [-0.4, -0.2) is 15.0 Å². The number of nitrogens with two attached hydrogens (primary N) is 1. The van der Waals surface area contributed by atoms with Crippen LogP contribution in [0.1, 0.15) is 5.56 Å². The van der Waals surface area contributed by atoms with Crippen molar-refractivity contribution in [1.82, 2.24) is 0 Å². The van der Waals surface area contributed by atoms with Gasteiger partial charge in [-0.1, -0.05) is 0 Å². The van der Waals surface area contributed by atoms with E-state index in [1.807, 2.05) is 6.07 Å². The Morgan fingerprint density at radius 3 is 2.78 bits per heavy atom. The molecule has 0 saturated carbocycles. The van der Waals surface area contributed by atoms with Gasteiger partial charge in [0.2, 0.25) is 0 Å². The van der Waals surface area contributed by atoms with Crippen LogP contribution in [0.2, 0.25) is 0 Å². The molecule has 0 aromatic heterocycles. The molecule has 1 aromatic rings. The molecule has 1 aliphatic heterocycles. The molecular formula is C7H7NSe. The fraction of sp³-hybridized carbons (Fsp3) is 0.143. The van der Waals surface area contributed by atoms with Crippen molar-refractivity contribution in [2.75, 3.05) is 5.73 Å². The summed E-state index contributed by atoms with van der Waals surface area (Å²) < 4.78 is 2.96. The van der Waals surface area contributed by atoms with E-state index in [1.54, 1.807) is 0 Å². The summed E-state index contributed by atoms with van der Waals surface area (Å²) in [5, 5.41) is 0. The molecule has 0 fully saturated rings. The monoisotopic (exact) mass is 185 g/mol. The van der Waals surface area contributed by atoms with Crippen LogP contribution in [0, 0.1) is 6.92 Å². The summed E-state index contributed by atoms with van der Waals surface area (Å²) in [6, 6.07) is 4.10. The molecule has 0 bridgehead atoms. The third-order valence-corrected chi connectivity index (χ3v) is 3.96. The third-order valence-electron chi connectivity index (χ3n) is 1.50. The zero-order valence-electron chi connectivity index (χ0n) is 5.14. The number of nitrogen functional groups attached to an aromatic ring is 1. The van der Waals surface area contributed by atoms with Crippen molar-refractivity contribution in [1.29, 1.82) is 0 Å². The van der Waals surface area contributed by atoms with Gasteiger partial charge in [0.25, 0.3) is 0 Å². The predicted octanol–water partition coefficient (Wildman–Crippen LogP) is -0.454. The quantitative estimate of drug-likeness (QED) is 0.435. The van der Waals surface area contributed by atoms with E-state index in [0.29, 0.717) is 15.0 Å². The molecule has 0 saturated heterocycles. The molecule has 1 aliphatic rings. The average Bonchev–Trinajstić information content (AvgIpc) is 2.57. The summed E-state index contributed by atoms with van der Waals surface area (Å²) in [5.41, 5.74) is 8.07. The Morgan fingerprint density at radius 2 is 2.11 bits per heavy atom. The van der Waals surface area contributed by atoms with Gasteiger partial charge in [0.15, 0.2) is 0 Å². The van der Waals surface area contributed by atoms with Gasteiger partial charge < -0.3 is 0 Å². The van der Waals surface area contributed by atoms with Gasteiger partial charge >= 0.3 is 59.9 Å². The van der Waals surface area contributed by atoms with E-state index in [1.165, 1.54) is 14.5 Å². The van der Waals surface area contributed by atoms with Crippen molar-refractivity contribution in [3.8, 4) is 0 Å². The van der Waals surface area contributed by atoms with Crippen LogP contribution in [0.4, 0.5) is 5.69 Å². The first-order valence-electron chi connectivity index (χ1n) is 2.86. The summed E-state index contributed by atoms with van der Waals surface area (Å²) >= 11 is 0.637. The van der Waals surface area contributed by atoms with E-state index in [0.717, 1.165) is 5.69 Å². The van der Waals surface area contributed by atoms with E-state index in [9.17, 15) is 0 Å². The van der Waals surface area contributed by atoms with Crippen LogP contribution in [0.15, 0.2) is 12.1 Å². The Hall–Kier alpha value is -0.461. The molecule has 0 atom stereocenters. The summed E-state index contributed by atoms with van der Waals surface area (Å²) in [7, 11) is 0. The van der Waals surface area contributed by atoms with Gasteiger partial charge in [-0.3, -0.25) is 0 Å². The fourth-order valence-corrected chi connectivity index (χ4v) is 2.67. The van der Waals surface area contributed by atoms with Crippen LogP contribution in [0.25, 0.3) is 0 Å². The predicted molar refractivity (Wildman–Crippen MR) is 40.6 cm³/mol. The van der Waals surface area contributed by atoms with Crippen LogP contribution >= 0.6 is 0 Å². The van der Waals surface area contributed by atoms with Crippen molar-refractivity contribution in [3.63, 3.8) is 0 Å². The Bertz CT molecular complexity index is 241. The summed E-state index contributed by atoms with van der Waals surface area (Å²) in [5.74, 6) is 0. The molecule has 2 N–H and O–H groups in total. The molecule has 0 amide bonds. The van der Waals surface area contributed by atoms with Gasteiger partial charge in [0.05, 0.1) is 0 Å². The van der Waals surface area contributed by atoms with Crippen molar-refractivity contribution in [2.45, 2.75) is 6.92 Å². The van der Waals surface area contributed by atoms with E-state index in [2.05, 4.69) is 13.0 Å². The maximum atomic E-state index is 5.66. The standard InChI is InChI=1S/C7H7NSe/c1-4-2-3-5(8)7-6(4)9-7/h2-3H,8H2,1H3. The summed E-state index contributed by atoms with van der Waals surface area (Å²) in [6.45, 7) is 2.15. The number of hydrogen-bond acceptors (Lipinski definition) is 1. The molecule has 1 nitrogen and oxygen atoms in total. The van der Waals surface area contributed by atoms with Crippen LogP contribution < -0.4 is 14.7 Å². The first kappa shape index (κ1) is 5.33. The van der Waals surface area contributed by atoms with Gasteiger partial charge in [-0.05, 0) is 0 Å². The Morgan fingerprint density at radius 1 is 1.33 bits per heavy atom. The Balaban J connectivity index is 2.68. The number of anilines is 1. The molecule has 0 aliphatic carbocycles. The first-order chi connectivity index (χ1) is 4.29. The second-order valence-corrected chi connectivity index (χ2v) is 4.37. The average molecular weight is 184 g/mol. The fourth-order valence-electron chi connectivity index (χ4n) is 0.892. The molecule has 9 heavy (non-hydrogen) atoms. The SMILES string of the molecule is Cc1ccc(N)c2c1[Se]2. The zero-order chi connectivity index (χ0) is 6.43. The molecule has 2 rings (SSSR count). The molecule has 1 aromatic carbocycles. The maximum absolute atomic E-state index is 5.66. The number of benzene rings is 1. The normalized spacial score (nSPS) is 13.0. The number of aryl methyl sites for hydroxylation is 1. The van der Waals surface area contributed by atoms with Gasteiger partial charge in [0.1, 0.15) is 0 Å². The summed E-state index contributed by atoms with van der Waals surface area (Å²) in [4.78, 5) is 0. The molecule has 46 valence electrons. The Labute approximate surface area is 60.4 Å². The third kappa shape index (κ3) is 0.673. The molecular weight excluding hydrogens is 177 g/mol. The first-order valence-corrected chi connectivity index (χ1v) is 4.57. The van der Waals surface area contributed by atoms with Crippen molar-refractivity contribution >= 4 is 29.6 Å². The van der Waals surface area contributed by atoms with Gasteiger partial charge in [0, 0.05) is 0 Å². The molecule has 2 heteroatoms. The van der Waals surface area contributed by atoms with Gasteiger partial charge in [-0.15, -0.1) is 0 Å². The molecule has 1 heterocycles. The second-order valence-electron chi connectivity index (χ2n) is 2.23. The van der Waals surface area contributed by atoms with E-state index in [-0.39, 0.29) is 0 Å². The van der Waals surface area contributed by atoms with Gasteiger partial charge in [-0.2, -0.15) is 0 Å². The Kier molecular flexibility index (Phi) is 0.904. The molecule has 0 unspecified atom stereocenters. The molecule has 0 radical (unpaired) electrons. The van der Waals surface area contributed by atoms with E-state index in [4.69, 9.17) is 5.73 Å². The zero-order valence-corrected chi connectivity index (χ0v) is 6.85. The van der Waals surface area contributed by atoms with Crippen molar-refractivity contribution in [3.05, 3.63) is 17.7 Å². The van der Waals surface area contributed by atoms with Crippen LogP contribution in [0.3, 0.4) is 0 Å². The van der Waals surface area contributed by atoms with Crippen molar-refractivity contribution < 1.29 is 0 Å². The molecule has 0 spiro atoms. The summed E-state index contributed by atoms with van der Waals surface area (Å²) in [6.07, 6.45) is 0. The minimum absolute atomic E-state index is 0.637. The minimum atomic E-state index is 0.637.